The van der Waals surface area contributed by atoms with Crippen molar-refractivity contribution in [2.75, 3.05) is 43.4 Å². The van der Waals surface area contributed by atoms with Gasteiger partial charge < -0.3 is 20.0 Å². The third-order valence-corrected chi connectivity index (χ3v) is 6.80. The summed E-state index contributed by atoms with van der Waals surface area (Å²) in [6.07, 6.45) is 10.2. The van der Waals surface area contributed by atoms with Crippen LogP contribution in [0.15, 0.2) is 60.5 Å². The van der Waals surface area contributed by atoms with Crippen LogP contribution in [0.2, 0.25) is 15.1 Å². The summed E-state index contributed by atoms with van der Waals surface area (Å²) in [5, 5.41) is 3.67. The molecule has 1 aromatic carbocycles. The van der Waals surface area contributed by atoms with Gasteiger partial charge in [0.25, 0.3) is 5.91 Å². The van der Waals surface area contributed by atoms with Crippen LogP contribution in [0.3, 0.4) is 0 Å². The van der Waals surface area contributed by atoms with E-state index in [4.69, 9.17) is 34.8 Å². The summed E-state index contributed by atoms with van der Waals surface area (Å²) in [6, 6.07) is 6.81. The third kappa shape index (κ3) is 5.49. The molecule has 1 atom stereocenters. The summed E-state index contributed by atoms with van der Waals surface area (Å²) in [4.78, 5) is 35.3. The van der Waals surface area contributed by atoms with Crippen LogP contribution in [0.5, 0.6) is 0 Å². The zero-order valence-corrected chi connectivity index (χ0v) is 20.8. The number of anilines is 2. The van der Waals surface area contributed by atoms with Gasteiger partial charge in [-0.1, -0.05) is 53.0 Å². The van der Waals surface area contributed by atoms with Gasteiger partial charge in [0, 0.05) is 61.9 Å². The van der Waals surface area contributed by atoms with Gasteiger partial charge in [0.1, 0.15) is 0 Å². The number of urea groups is 1. The molecule has 178 valence electrons. The van der Waals surface area contributed by atoms with Crippen molar-refractivity contribution in [3.63, 3.8) is 0 Å². The fourth-order valence-corrected chi connectivity index (χ4v) is 4.88. The maximum absolute atomic E-state index is 13.0. The average molecular weight is 521 g/mol. The van der Waals surface area contributed by atoms with Crippen LogP contribution in [-0.2, 0) is 4.79 Å². The minimum absolute atomic E-state index is 0.0230. The van der Waals surface area contributed by atoms with Crippen LogP contribution in [0, 0.1) is 0 Å². The van der Waals surface area contributed by atoms with Gasteiger partial charge in [0.05, 0.1) is 21.8 Å². The molecule has 1 aliphatic heterocycles. The van der Waals surface area contributed by atoms with Gasteiger partial charge in [-0.25, -0.2) is 4.79 Å². The van der Waals surface area contributed by atoms with E-state index >= 15 is 0 Å². The fraction of sp³-hybridized carbons (Fsp3) is 0.292. The second kappa shape index (κ2) is 10.7. The maximum Gasteiger partial charge on any atom is 0.322 e. The number of piperazine rings is 1. The molecule has 0 saturated carbocycles. The molecule has 7 nitrogen and oxygen atoms in total. The number of hydrogen-bond donors (Lipinski definition) is 1. The fourth-order valence-electron chi connectivity index (χ4n) is 3.97. The topological polar surface area (TPSA) is 68.8 Å². The smallest absolute Gasteiger partial charge is 0.322 e. The van der Waals surface area contributed by atoms with E-state index in [9.17, 15) is 9.59 Å². The Morgan fingerprint density at radius 2 is 1.65 bits per heavy atom. The van der Waals surface area contributed by atoms with Crippen LogP contribution in [0.25, 0.3) is 0 Å². The highest BCUT2D eigenvalue weighted by Gasteiger charge is 2.27. The van der Waals surface area contributed by atoms with Gasteiger partial charge in [0.15, 0.2) is 0 Å². The molecule has 0 bridgehead atoms. The normalized spacial score (nSPS) is 17.9. The Hall–Kier alpha value is -2.74. The second-order valence-electron chi connectivity index (χ2n) is 8.09. The minimum Gasteiger partial charge on any atom is -0.368 e. The number of carbonyl (C=O) groups excluding carboxylic acids is 2. The molecule has 2 aliphatic rings. The maximum atomic E-state index is 13.0. The highest BCUT2D eigenvalue weighted by molar-refractivity contribution is 6.42. The molecule has 0 spiro atoms. The molecule has 10 heteroatoms. The molecule has 2 aromatic rings. The van der Waals surface area contributed by atoms with Crippen molar-refractivity contribution in [2.24, 2.45) is 0 Å². The molecule has 1 aliphatic carbocycles. The molecule has 1 saturated heterocycles. The van der Waals surface area contributed by atoms with Crippen LogP contribution in [0.1, 0.15) is 6.42 Å². The number of nitrogens with one attached hydrogen (secondary N) is 1. The number of nitrogens with zero attached hydrogens (tertiary/aromatic N) is 4. The summed E-state index contributed by atoms with van der Waals surface area (Å²) in [7, 11) is 2.03. The predicted molar refractivity (Wildman–Crippen MR) is 137 cm³/mol. The number of halogens is 3. The standard InChI is InChI=1S/C24H24Cl3N5O2/c1-30(19-6-8-28-9-7-19)18-4-2-16(3-5-18)23(33)31-10-12-32(13-11-31)24(34)29-22-20(26)14-17(25)15-21(22)27/h2-4,6-9,14-15,18H,5,10-13H2,1H3,(H,29,34). The molecule has 1 fully saturated rings. The van der Waals surface area contributed by atoms with Gasteiger partial charge in [-0.3, -0.25) is 9.78 Å². The lowest BCUT2D eigenvalue weighted by molar-refractivity contribution is -0.128. The second-order valence-corrected chi connectivity index (χ2v) is 9.34. The first-order valence-electron chi connectivity index (χ1n) is 10.8. The van der Waals surface area contributed by atoms with E-state index in [1.54, 1.807) is 22.2 Å². The monoisotopic (exact) mass is 519 g/mol. The lowest BCUT2D eigenvalue weighted by Crippen LogP contribution is -2.52. The number of pyridine rings is 1. The minimum atomic E-state index is -0.322. The van der Waals surface area contributed by atoms with E-state index in [1.807, 2.05) is 31.3 Å². The van der Waals surface area contributed by atoms with Crippen molar-refractivity contribution in [1.29, 1.82) is 0 Å². The van der Waals surface area contributed by atoms with Crippen molar-refractivity contribution in [3.8, 4) is 0 Å². The SMILES string of the molecule is CN(c1ccncc1)C1C=CC(C(=O)N2CCN(C(=O)Nc3c(Cl)cc(Cl)cc3Cl)CC2)=CC1. The van der Waals surface area contributed by atoms with E-state index in [0.29, 0.717) is 42.5 Å². The molecular formula is C24H24Cl3N5O2. The first-order valence-corrected chi connectivity index (χ1v) is 12.0. The molecule has 34 heavy (non-hydrogen) atoms. The zero-order valence-electron chi connectivity index (χ0n) is 18.5. The lowest BCUT2D eigenvalue weighted by atomic mass is 10.0. The van der Waals surface area contributed by atoms with Crippen molar-refractivity contribution in [3.05, 3.63) is 75.5 Å². The highest BCUT2D eigenvalue weighted by Crippen LogP contribution is 2.34. The Labute approximate surface area is 213 Å². The Balaban J connectivity index is 1.30. The number of amides is 3. The Morgan fingerprint density at radius 3 is 2.24 bits per heavy atom. The Kier molecular flexibility index (Phi) is 7.66. The number of likely N-dealkylation sites (N-methyl/N-ethyl adjacent to an activating group) is 1. The zero-order chi connectivity index (χ0) is 24.2. The number of carbonyl (C=O) groups is 2. The van der Waals surface area contributed by atoms with E-state index < -0.39 is 0 Å². The predicted octanol–water partition coefficient (Wildman–Crippen LogP) is 5.11. The molecular weight excluding hydrogens is 497 g/mol. The van der Waals surface area contributed by atoms with Gasteiger partial charge in [-0.2, -0.15) is 0 Å². The molecule has 3 amide bonds. The molecule has 1 N–H and O–H groups in total. The van der Waals surface area contributed by atoms with Crippen LogP contribution < -0.4 is 10.2 Å². The van der Waals surface area contributed by atoms with Gasteiger partial charge >= 0.3 is 6.03 Å². The molecule has 4 rings (SSSR count). The average Bonchev–Trinajstić information content (AvgIpc) is 2.86. The number of rotatable bonds is 4. The van der Waals surface area contributed by atoms with Crippen LogP contribution in [0.4, 0.5) is 16.2 Å². The highest BCUT2D eigenvalue weighted by atomic mass is 35.5. The third-order valence-electron chi connectivity index (χ3n) is 5.98. The largest absolute Gasteiger partial charge is 0.368 e. The number of hydrogen-bond acceptors (Lipinski definition) is 4. The molecule has 1 aromatic heterocycles. The Morgan fingerprint density at radius 1 is 1.03 bits per heavy atom. The number of benzene rings is 1. The van der Waals surface area contributed by atoms with E-state index in [0.717, 1.165) is 12.1 Å². The van der Waals surface area contributed by atoms with Crippen LogP contribution in [-0.4, -0.2) is 66.0 Å². The van der Waals surface area contributed by atoms with Crippen molar-refractivity contribution in [1.82, 2.24) is 14.8 Å². The molecule has 2 heterocycles. The van der Waals surface area contributed by atoms with E-state index in [-0.39, 0.29) is 28.0 Å². The Bertz CT molecular complexity index is 1110. The van der Waals surface area contributed by atoms with Crippen molar-refractivity contribution >= 4 is 58.1 Å². The summed E-state index contributed by atoms with van der Waals surface area (Å²) < 4.78 is 0. The molecule has 1 unspecified atom stereocenters. The first-order chi connectivity index (χ1) is 16.3. The summed E-state index contributed by atoms with van der Waals surface area (Å²) >= 11 is 18.2. The van der Waals surface area contributed by atoms with Gasteiger partial charge in [0.2, 0.25) is 0 Å². The summed E-state index contributed by atoms with van der Waals surface area (Å²) in [6.45, 7) is 1.70. The van der Waals surface area contributed by atoms with Crippen LogP contribution >= 0.6 is 34.8 Å². The van der Waals surface area contributed by atoms with Crippen molar-refractivity contribution in [2.45, 2.75) is 12.5 Å². The number of aromatic nitrogens is 1. The van der Waals surface area contributed by atoms with Gasteiger partial charge in [-0.15, -0.1) is 0 Å². The summed E-state index contributed by atoms with van der Waals surface area (Å²) in [5.74, 6) is -0.0230. The lowest BCUT2D eigenvalue weighted by Gasteiger charge is -2.35. The molecule has 0 radical (unpaired) electrons. The first kappa shape index (κ1) is 24.4. The summed E-state index contributed by atoms with van der Waals surface area (Å²) in [5.41, 5.74) is 2.07. The van der Waals surface area contributed by atoms with E-state index in [2.05, 4.69) is 21.3 Å². The van der Waals surface area contributed by atoms with Crippen molar-refractivity contribution < 1.29 is 9.59 Å². The van der Waals surface area contributed by atoms with Gasteiger partial charge in [-0.05, 0) is 30.7 Å². The van der Waals surface area contributed by atoms with E-state index in [1.165, 1.54) is 12.1 Å². The quantitative estimate of drug-likeness (QED) is 0.608.